The highest BCUT2D eigenvalue weighted by Crippen LogP contribution is 2.28. The smallest absolute Gasteiger partial charge is 0.101 e. The van der Waals surface area contributed by atoms with Crippen LogP contribution in [0.1, 0.15) is 17.5 Å². The van der Waals surface area contributed by atoms with Crippen LogP contribution in [0.4, 0.5) is 5.69 Å². The van der Waals surface area contributed by atoms with Gasteiger partial charge in [-0.2, -0.15) is 17.0 Å². The third kappa shape index (κ3) is 2.70. The Hall–Kier alpha value is -0.850. The lowest BCUT2D eigenvalue weighted by molar-refractivity contribution is 0.699. The quantitative estimate of drug-likeness (QED) is 0.786. The van der Waals surface area contributed by atoms with Crippen molar-refractivity contribution in [3.63, 3.8) is 0 Å². The minimum absolute atomic E-state index is 0.456. The lowest BCUT2D eigenvalue weighted by Crippen LogP contribution is -2.31. The third-order valence-corrected chi connectivity index (χ3v) is 4.62. The van der Waals surface area contributed by atoms with Crippen LogP contribution in [0.2, 0.25) is 0 Å². The molecule has 0 saturated carbocycles. The van der Waals surface area contributed by atoms with Crippen molar-refractivity contribution in [1.29, 1.82) is 5.26 Å². The van der Waals surface area contributed by atoms with E-state index in [1.54, 1.807) is 0 Å². The van der Waals surface area contributed by atoms with Gasteiger partial charge in [-0.1, -0.05) is 6.07 Å². The van der Waals surface area contributed by atoms with Gasteiger partial charge < -0.3 is 4.90 Å². The van der Waals surface area contributed by atoms with E-state index in [0.717, 1.165) is 22.6 Å². The highest BCUT2D eigenvalue weighted by atomic mass is 35.5. The van der Waals surface area contributed by atoms with E-state index < -0.39 is 0 Å². The Morgan fingerprint density at radius 3 is 3.00 bits per heavy atom. The van der Waals surface area contributed by atoms with Crippen LogP contribution in [-0.2, 0) is 5.88 Å². The van der Waals surface area contributed by atoms with Crippen LogP contribution in [0.3, 0.4) is 0 Å². The molecular weight excluding hydrogens is 252 g/mol. The summed E-state index contributed by atoms with van der Waals surface area (Å²) < 4.78 is 0. The van der Waals surface area contributed by atoms with Gasteiger partial charge in [0.1, 0.15) is 6.07 Å². The molecule has 0 aromatic heterocycles. The molecule has 2 rings (SSSR count). The maximum Gasteiger partial charge on any atom is 0.101 e. The zero-order valence-corrected chi connectivity index (χ0v) is 11.4. The first-order chi connectivity index (χ1) is 8.26. The lowest BCUT2D eigenvalue weighted by Gasteiger charge is -2.27. The largest absolute Gasteiger partial charge is 0.370 e. The summed E-state index contributed by atoms with van der Waals surface area (Å²) in [6.45, 7) is 0. The minimum Gasteiger partial charge on any atom is -0.370 e. The number of alkyl halides is 1. The van der Waals surface area contributed by atoms with Gasteiger partial charge in [-0.25, -0.2) is 0 Å². The van der Waals surface area contributed by atoms with E-state index >= 15 is 0 Å². The first kappa shape index (κ1) is 12.6. The van der Waals surface area contributed by atoms with Crippen LogP contribution >= 0.6 is 23.4 Å². The second-order valence-electron chi connectivity index (χ2n) is 4.23. The fourth-order valence-electron chi connectivity index (χ4n) is 2.09. The fraction of sp³-hybridized carbons (Fsp3) is 0.462. The molecular formula is C13H15ClN2S. The molecule has 0 bridgehead atoms. The molecule has 1 heterocycles. The molecule has 0 radical (unpaired) electrons. The molecule has 4 heteroatoms. The normalized spacial score (nSPS) is 19.0. The van der Waals surface area contributed by atoms with Crippen LogP contribution in [0.5, 0.6) is 0 Å². The van der Waals surface area contributed by atoms with E-state index in [1.807, 2.05) is 30.0 Å². The maximum atomic E-state index is 9.21. The van der Waals surface area contributed by atoms with Crippen molar-refractivity contribution in [2.75, 3.05) is 23.5 Å². The van der Waals surface area contributed by atoms with E-state index in [-0.39, 0.29) is 0 Å². The molecule has 90 valence electrons. The molecule has 1 aromatic carbocycles. The van der Waals surface area contributed by atoms with Crippen LogP contribution in [0, 0.1) is 11.3 Å². The third-order valence-electron chi connectivity index (χ3n) is 3.17. The van der Waals surface area contributed by atoms with Crippen molar-refractivity contribution in [2.45, 2.75) is 18.3 Å². The van der Waals surface area contributed by atoms with Gasteiger partial charge >= 0.3 is 0 Å². The molecule has 1 saturated heterocycles. The Morgan fingerprint density at radius 1 is 1.59 bits per heavy atom. The van der Waals surface area contributed by atoms with E-state index in [2.05, 4.69) is 18.0 Å². The summed E-state index contributed by atoms with van der Waals surface area (Å²) in [5.41, 5.74) is 2.75. The minimum atomic E-state index is 0.456. The van der Waals surface area contributed by atoms with Crippen molar-refractivity contribution in [3.05, 3.63) is 29.3 Å². The molecule has 0 aliphatic carbocycles. The van der Waals surface area contributed by atoms with E-state index in [1.165, 1.54) is 12.2 Å². The fourth-order valence-corrected chi connectivity index (χ4v) is 3.52. The summed E-state index contributed by atoms with van der Waals surface area (Å²) in [5.74, 6) is 2.83. The summed E-state index contributed by atoms with van der Waals surface area (Å²) in [4.78, 5) is 2.23. The number of anilines is 1. The molecule has 1 unspecified atom stereocenters. The highest BCUT2D eigenvalue weighted by molar-refractivity contribution is 7.99. The van der Waals surface area contributed by atoms with Crippen molar-refractivity contribution in [3.8, 4) is 6.07 Å². The van der Waals surface area contributed by atoms with Gasteiger partial charge in [0.25, 0.3) is 0 Å². The SMILES string of the molecule is CN(c1ccc(CCl)cc1C#N)C1CCSC1. The monoisotopic (exact) mass is 266 g/mol. The number of halogens is 1. The number of thioether (sulfide) groups is 1. The zero-order chi connectivity index (χ0) is 12.3. The molecule has 0 spiro atoms. The van der Waals surface area contributed by atoms with Crippen molar-refractivity contribution >= 4 is 29.1 Å². The van der Waals surface area contributed by atoms with Crippen LogP contribution in [0.25, 0.3) is 0 Å². The summed E-state index contributed by atoms with van der Waals surface area (Å²) in [6.07, 6.45) is 1.20. The first-order valence-electron chi connectivity index (χ1n) is 5.66. The van der Waals surface area contributed by atoms with E-state index in [0.29, 0.717) is 11.9 Å². The van der Waals surface area contributed by atoms with E-state index in [4.69, 9.17) is 11.6 Å². The van der Waals surface area contributed by atoms with Gasteiger partial charge in [-0.05, 0) is 29.9 Å². The number of benzene rings is 1. The summed E-state index contributed by atoms with van der Waals surface area (Å²) in [5, 5.41) is 9.21. The number of nitrogens with zero attached hydrogens (tertiary/aromatic N) is 2. The van der Waals surface area contributed by atoms with E-state index in [9.17, 15) is 5.26 Å². The highest BCUT2D eigenvalue weighted by Gasteiger charge is 2.22. The second kappa shape index (κ2) is 5.66. The number of hydrogen-bond acceptors (Lipinski definition) is 3. The molecule has 2 nitrogen and oxygen atoms in total. The predicted molar refractivity (Wildman–Crippen MR) is 74.8 cm³/mol. The molecule has 1 aliphatic rings. The topological polar surface area (TPSA) is 27.0 Å². The number of rotatable bonds is 3. The van der Waals surface area contributed by atoms with Gasteiger partial charge in [0, 0.05) is 24.7 Å². The summed E-state index contributed by atoms with van der Waals surface area (Å²) >= 11 is 7.77. The van der Waals surface area contributed by atoms with Gasteiger partial charge in [0.2, 0.25) is 0 Å². The standard InChI is InChI=1S/C13H15ClN2S/c1-16(12-4-5-17-9-12)13-3-2-10(7-14)6-11(13)8-15/h2-3,6,12H,4-5,7,9H2,1H3. The second-order valence-corrected chi connectivity index (χ2v) is 5.64. The molecule has 0 amide bonds. The molecule has 17 heavy (non-hydrogen) atoms. The summed E-state index contributed by atoms with van der Waals surface area (Å²) in [6, 6.07) is 8.72. The van der Waals surface area contributed by atoms with Gasteiger partial charge in [0.05, 0.1) is 11.3 Å². The predicted octanol–water partition coefficient (Wildman–Crippen LogP) is 3.24. The van der Waals surface area contributed by atoms with Crippen LogP contribution in [-0.4, -0.2) is 24.6 Å². The van der Waals surface area contributed by atoms with Gasteiger partial charge in [0.15, 0.2) is 0 Å². The van der Waals surface area contributed by atoms with Crippen molar-refractivity contribution in [2.24, 2.45) is 0 Å². The lowest BCUT2D eigenvalue weighted by atomic mass is 10.1. The Labute approximate surface area is 112 Å². The Kier molecular flexibility index (Phi) is 4.20. The van der Waals surface area contributed by atoms with Crippen LogP contribution in [0.15, 0.2) is 18.2 Å². The van der Waals surface area contributed by atoms with Gasteiger partial charge in [-0.3, -0.25) is 0 Å². The average Bonchev–Trinajstić information content (AvgIpc) is 2.91. The maximum absolute atomic E-state index is 9.21. The Morgan fingerprint density at radius 2 is 2.41 bits per heavy atom. The van der Waals surface area contributed by atoms with Gasteiger partial charge in [-0.15, -0.1) is 11.6 Å². The number of hydrogen-bond donors (Lipinski definition) is 0. The first-order valence-corrected chi connectivity index (χ1v) is 7.34. The molecule has 1 aliphatic heterocycles. The van der Waals surface area contributed by atoms with Crippen molar-refractivity contribution in [1.82, 2.24) is 0 Å². The molecule has 0 N–H and O–H groups in total. The number of nitriles is 1. The Bertz CT molecular complexity index is 436. The molecule has 1 atom stereocenters. The van der Waals surface area contributed by atoms with Crippen LogP contribution < -0.4 is 4.90 Å². The zero-order valence-electron chi connectivity index (χ0n) is 9.82. The van der Waals surface area contributed by atoms with Crippen molar-refractivity contribution < 1.29 is 0 Å². The average molecular weight is 267 g/mol. The molecule has 1 aromatic rings. The Balaban J connectivity index is 2.28. The molecule has 1 fully saturated rings. The summed E-state index contributed by atoms with van der Waals surface area (Å²) in [7, 11) is 2.08.